The molecule has 0 spiro atoms. The van der Waals surface area contributed by atoms with Crippen molar-refractivity contribution < 1.29 is 33.1 Å². The number of carbonyl (C=O) groups excluding carboxylic acids is 3. The second-order valence-electron chi connectivity index (χ2n) is 7.91. The monoisotopic (exact) mass is 469 g/mol. The minimum Gasteiger partial charge on any atom is -0.481 e. The standard InChI is InChI=1S/C24H21F2N3O5/c25-17-6-7-18(26)21-20(17)16(14-29(21)9-8-19(30)31)22(32)24(34)28-12-10-27(11-13-28)23(33)15-4-2-1-3-5-15/h1-7,14H,8-13H2,(H,30,31). The molecule has 34 heavy (non-hydrogen) atoms. The summed E-state index contributed by atoms with van der Waals surface area (Å²) in [4.78, 5) is 52.3. The SMILES string of the molecule is O=C(O)CCn1cc(C(=O)C(=O)N2CCN(C(=O)c3ccccc3)CC2)c2c(F)ccc(F)c21. The van der Waals surface area contributed by atoms with Crippen LogP contribution in [0.3, 0.4) is 0 Å². The molecule has 0 atom stereocenters. The van der Waals surface area contributed by atoms with Crippen LogP contribution in [-0.4, -0.2) is 69.2 Å². The third kappa shape index (κ3) is 4.39. The second-order valence-corrected chi connectivity index (χ2v) is 7.91. The number of carboxylic acid groups (broad SMARTS) is 1. The number of ketones is 1. The molecule has 8 nitrogen and oxygen atoms in total. The molecule has 0 aliphatic carbocycles. The van der Waals surface area contributed by atoms with E-state index in [9.17, 15) is 28.0 Å². The number of carboxylic acids is 1. The molecule has 1 aliphatic rings. The highest BCUT2D eigenvalue weighted by Gasteiger charge is 2.31. The van der Waals surface area contributed by atoms with E-state index in [4.69, 9.17) is 5.11 Å². The highest BCUT2D eigenvalue weighted by molar-refractivity contribution is 6.45. The maximum absolute atomic E-state index is 14.6. The van der Waals surface area contributed by atoms with Gasteiger partial charge in [0.1, 0.15) is 11.6 Å². The van der Waals surface area contributed by atoms with Gasteiger partial charge in [-0.05, 0) is 24.3 Å². The van der Waals surface area contributed by atoms with Gasteiger partial charge in [-0.15, -0.1) is 0 Å². The lowest BCUT2D eigenvalue weighted by Crippen LogP contribution is -2.52. The molecule has 2 amide bonds. The zero-order valence-corrected chi connectivity index (χ0v) is 18.0. The largest absolute Gasteiger partial charge is 0.481 e. The van der Waals surface area contributed by atoms with Gasteiger partial charge in [0.25, 0.3) is 17.6 Å². The topological polar surface area (TPSA) is 99.9 Å². The number of carbonyl (C=O) groups is 4. The number of fused-ring (bicyclic) bond motifs is 1. The van der Waals surface area contributed by atoms with E-state index in [-0.39, 0.29) is 61.5 Å². The molecule has 10 heteroatoms. The second kappa shape index (κ2) is 9.42. The van der Waals surface area contributed by atoms with Gasteiger partial charge in [0.15, 0.2) is 0 Å². The van der Waals surface area contributed by atoms with Crippen LogP contribution in [0.15, 0.2) is 48.7 Å². The molecule has 2 aromatic carbocycles. The van der Waals surface area contributed by atoms with Gasteiger partial charge in [-0.3, -0.25) is 19.2 Å². The van der Waals surface area contributed by atoms with Gasteiger partial charge in [-0.2, -0.15) is 0 Å². The van der Waals surface area contributed by atoms with Crippen molar-refractivity contribution in [1.29, 1.82) is 0 Å². The van der Waals surface area contributed by atoms with Crippen molar-refractivity contribution in [2.45, 2.75) is 13.0 Å². The van der Waals surface area contributed by atoms with Gasteiger partial charge in [-0.25, -0.2) is 8.78 Å². The van der Waals surface area contributed by atoms with E-state index in [0.29, 0.717) is 5.56 Å². The molecule has 176 valence electrons. The molecule has 0 saturated carbocycles. The van der Waals surface area contributed by atoms with Crippen molar-refractivity contribution in [1.82, 2.24) is 14.4 Å². The Morgan fingerprint density at radius 1 is 0.853 bits per heavy atom. The molecule has 1 saturated heterocycles. The van der Waals surface area contributed by atoms with Crippen LogP contribution >= 0.6 is 0 Å². The summed E-state index contributed by atoms with van der Waals surface area (Å²) in [5, 5.41) is 8.58. The van der Waals surface area contributed by atoms with Gasteiger partial charge in [0.05, 0.1) is 17.5 Å². The minimum absolute atomic E-state index is 0.109. The van der Waals surface area contributed by atoms with Crippen molar-refractivity contribution in [2.24, 2.45) is 0 Å². The number of rotatable bonds is 6. The Morgan fingerprint density at radius 2 is 1.47 bits per heavy atom. The number of Topliss-reactive ketones (excluding diaryl/α,β-unsaturated/α-hetero) is 1. The molecule has 3 aromatic rings. The lowest BCUT2D eigenvalue weighted by Gasteiger charge is -2.34. The van der Waals surface area contributed by atoms with E-state index < -0.39 is 29.3 Å². The zero-order chi connectivity index (χ0) is 24.4. The van der Waals surface area contributed by atoms with Crippen LogP contribution in [0.1, 0.15) is 27.1 Å². The van der Waals surface area contributed by atoms with E-state index in [0.717, 1.165) is 22.9 Å². The smallest absolute Gasteiger partial charge is 0.305 e. The van der Waals surface area contributed by atoms with Crippen LogP contribution in [-0.2, 0) is 16.1 Å². The van der Waals surface area contributed by atoms with Crippen LogP contribution in [0.2, 0.25) is 0 Å². The fourth-order valence-electron chi connectivity index (χ4n) is 4.06. The number of aliphatic carboxylic acids is 1. The summed E-state index contributed by atoms with van der Waals surface area (Å²) in [5.41, 5.74) is -0.0779. The fourth-order valence-corrected chi connectivity index (χ4v) is 4.06. The third-order valence-corrected chi connectivity index (χ3v) is 5.80. The molecule has 1 N–H and O–H groups in total. The molecule has 0 bridgehead atoms. The van der Waals surface area contributed by atoms with Crippen molar-refractivity contribution in [3.8, 4) is 0 Å². The Kier molecular flexibility index (Phi) is 6.40. The normalized spacial score (nSPS) is 13.8. The molecule has 1 fully saturated rings. The lowest BCUT2D eigenvalue weighted by molar-refractivity contribution is -0.137. The first kappa shape index (κ1) is 23.1. The summed E-state index contributed by atoms with van der Waals surface area (Å²) in [6.45, 7) is 0.454. The Balaban J connectivity index is 1.54. The summed E-state index contributed by atoms with van der Waals surface area (Å²) < 4.78 is 30.2. The van der Waals surface area contributed by atoms with E-state index in [1.165, 1.54) is 4.90 Å². The number of nitrogens with zero attached hydrogens (tertiary/aromatic N) is 3. The first-order chi connectivity index (χ1) is 16.3. The average Bonchev–Trinajstić information content (AvgIpc) is 3.25. The zero-order valence-electron chi connectivity index (χ0n) is 18.0. The molecule has 1 aliphatic heterocycles. The quantitative estimate of drug-likeness (QED) is 0.442. The Bertz CT molecular complexity index is 1280. The van der Waals surface area contributed by atoms with Crippen LogP contribution in [0, 0.1) is 11.6 Å². The Morgan fingerprint density at radius 3 is 2.12 bits per heavy atom. The predicted octanol–water partition coefficient (Wildman–Crippen LogP) is 2.56. The van der Waals surface area contributed by atoms with Gasteiger partial charge in [-0.1, -0.05) is 18.2 Å². The van der Waals surface area contributed by atoms with Crippen LogP contribution in [0.4, 0.5) is 8.78 Å². The molecule has 1 aromatic heterocycles. The van der Waals surface area contributed by atoms with Gasteiger partial charge >= 0.3 is 5.97 Å². The average molecular weight is 469 g/mol. The van der Waals surface area contributed by atoms with E-state index in [1.54, 1.807) is 35.2 Å². The van der Waals surface area contributed by atoms with E-state index in [1.807, 2.05) is 0 Å². The van der Waals surface area contributed by atoms with E-state index in [2.05, 4.69) is 0 Å². The minimum atomic E-state index is -1.15. The molecule has 0 radical (unpaired) electrons. The molecular weight excluding hydrogens is 448 g/mol. The third-order valence-electron chi connectivity index (χ3n) is 5.80. The Labute approximate surface area is 193 Å². The highest BCUT2D eigenvalue weighted by atomic mass is 19.1. The van der Waals surface area contributed by atoms with Gasteiger partial charge in [0.2, 0.25) is 0 Å². The maximum Gasteiger partial charge on any atom is 0.305 e. The summed E-state index contributed by atoms with van der Waals surface area (Å²) in [7, 11) is 0. The highest BCUT2D eigenvalue weighted by Crippen LogP contribution is 2.28. The number of piperazine rings is 1. The summed E-state index contributed by atoms with van der Waals surface area (Å²) in [6, 6.07) is 10.4. The van der Waals surface area contributed by atoms with Crippen LogP contribution < -0.4 is 0 Å². The number of aryl methyl sites for hydroxylation is 1. The number of hydrogen-bond donors (Lipinski definition) is 1. The predicted molar refractivity (Wildman–Crippen MR) is 117 cm³/mol. The van der Waals surface area contributed by atoms with E-state index >= 15 is 0 Å². The van der Waals surface area contributed by atoms with Gasteiger partial charge < -0.3 is 19.5 Å². The molecular formula is C24H21F2N3O5. The number of halogens is 2. The first-order valence-corrected chi connectivity index (χ1v) is 10.6. The number of benzene rings is 2. The number of aromatic nitrogens is 1. The Hall–Kier alpha value is -4.08. The summed E-state index contributed by atoms with van der Waals surface area (Å²) >= 11 is 0. The van der Waals surface area contributed by atoms with Crippen LogP contribution in [0.25, 0.3) is 10.9 Å². The summed E-state index contributed by atoms with van der Waals surface area (Å²) in [5.74, 6) is -4.97. The number of amides is 2. The van der Waals surface area contributed by atoms with Crippen molar-refractivity contribution in [3.05, 3.63) is 71.4 Å². The fraction of sp³-hybridized carbons (Fsp3) is 0.250. The van der Waals surface area contributed by atoms with Crippen molar-refractivity contribution in [3.63, 3.8) is 0 Å². The number of hydrogen-bond acceptors (Lipinski definition) is 4. The lowest BCUT2D eigenvalue weighted by atomic mass is 10.1. The maximum atomic E-state index is 14.6. The molecule has 0 unspecified atom stereocenters. The van der Waals surface area contributed by atoms with Crippen molar-refractivity contribution >= 4 is 34.5 Å². The van der Waals surface area contributed by atoms with Gasteiger partial charge in [0, 0.05) is 49.9 Å². The van der Waals surface area contributed by atoms with Crippen molar-refractivity contribution in [2.75, 3.05) is 26.2 Å². The molecule has 4 rings (SSSR count). The molecule has 2 heterocycles. The van der Waals surface area contributed by atoms with Crippen LogP contribution in [0.5, 0.6) is 0 Å². The first-order valence-electron chi connectivity index (χ1n) is 10.6. The summed E-state index contributed by atoms with van der Waals surface area (Å²) in [6.07, 6.45) is 0.744.